The molecule has 1 atom stereocenters. The SMILES string of the molecule is CCC(C)(NC(=O)CSCc1cccc(C)c1)C(=O)O. The fourth-order valence-electron chi connectivity index (χ4n) is 1.70. The van der Waals surface area contributed by atoms with E-state index >= 15 is 0 Å². The molecule has 0 aromatic heterocycles. The van der Waals surface area contributed by atoms with Crippen LogP contribution < -0.4 is 5.32 Å². The first-order chi connectivity index (χ1) is 9.37. The van der Waals surface area contributed by atoms with Crippen molar-refractivity contribution in [1.82, 2.24) is 5.32 Å². The summed E-state index contributed by atoms with van der Waals surface area (Å²) < 4.78 is 0. The van der Waals surface area contributed by atoms with Gasteiger partial charge in [0.15, 0.2) is 0 Å². The number of aliphatic carboxylic acids is 1. The molecule has 5 heteroatoms. The second kappa shape index (κ2) is 7.33. The number of rotatable bonds is 7. The first-order valence-electron chi connectivity index (χ1n) is 6.55. The van der Waals surface area contributed by atoms with E-state index in [0.717, 1.165) is 5.75 Å². The van der Waals surface area contributed by atoms with Crippen LogP contribution in [0.1, 0.15) is 31.4 Å². The molecule has 1 amide bonds. The second-order valence-corrected chi connectivity index (χ2v) is 6.01. The van der Waals surface area contributed by atoms with Crippen molar-refractivity contribution in [2.24, 2.45) is 0 Å². The van der Waals surface area contributed by atoms with Crippen LogP contribution in [0.25, 0.3) is 0 Å². The molecule has 0 spiro atoms. The van der Waals surface area contributed by atoms with E-state index in [9.17, 15) is 9.59 Å². The molecule has 0 radical (unpaired) electrons. The van der Waals surface area contributed by atoms with Crippen LogP contribution in [0.5, 0.6) is 0 Å². The van der Waals surface area contributed by atoms with Crippen LogP contribution in [-0.2, 0) is 15.3 Å². The average molecular weight is 295 g/mol. The van der Waals surface area contributed by atoms with E-state index in [-0.39, 0.29) is 11.7 Å². The molecule has 0 saturated heterocycles. The van der Waals surface area contributed by atoms with Gasteiger partial charge in [0.05, 0.1) is 5.75 Å². The molecule has 0 aliphatic rings. The molecule has 0 aliphatic heterocycles. The Morgan fingerprint density at radius 3 is 2.65 bits per heavy atom. The summed E-state index contributed by atoms with van der Waals surface area (Å²) in [6.45, 7) is 5.30. The fourth-order valence-corrected chi connectivity index (χ4v) is 2.48. The van der Waals surface area contributed by atoms with E-state index < -0.39 is 11.5 Å². The van der Waals surface area contributed by atoms with Crippen molar-refractivity contribution in [2.45, 2.75) is 38.5 Å². The number of carboxylic acid groups (broad SMARTS) is 1. The zero-order valence-electron chi connectivity index (χ0n) is 12.1. The van der Waals surface area contributed by atoms with Crippen LogP contribution in [0.15, 0.2) is 24.3 Å². The van der Waals surface area contributed by atoms with Crippen LogP contribution in [0, 0.1) is 6.92 Å². The van der Waals surface area contributed by atoms with Crippen molar-refractivity contribution < 1.29 is 14.7 Å². The van der Waals surface area contributed by atoms with Crippen molar-refractivity contribution in [3.05, 3.63) is 35.4 Å². The van der Waals surface area contributed by atoms with Crippen LogP contribution >= 0.6 is 11.8 Å². The Morgan fingerprint density at radius 1 is 1.40 bits per heavy atom. The Balaban J connectivity index is 2.42. The first kappa shape index (κ1) is 16.6. The quantitative estimate of drug-likeness (QED) is 0.811. The molecule has 2 N–H and O–H groups in total. The van der Waals surface area contributed by atoms with E-state index in [2.05, 4.69) is 11.4 Å². The summed E-state index contributed by atoms with van der Waals surface area (Å²) in [4.78, 5) is 22.9. The zero-order valence-corrected chi connectivity index (χ0v) is 12.9. The highest BCUT2D eigenvalue weighted by Crippen LogP contribution is 2.14. The summed E-state index contributed by atoms with van der Waals surface area (Å²) in [5, 5.41) is 11.7. The Bertz CT molecular complexity index is 490. The predicted molar refractivity (Wildman–Crippen MR) is 81.8 cm³/mol. The normalized spacial score (nSPS) is 13.6. The van der Waals surface area contributed by atoms with Gasteiger partial charge in [0.2, 0.25) is 5.91 Å². The molecular weight excluding hydrogens is 274 g/mol. The maximum absolute atomic E-state index is 11.8. The van der Waals surface area contributed by atoms with Gasteiger partial charge in [0.1, 0.15) is 5.54 Å². The Labute approximate surface area is 124 Å². The lowest BCUT2D eigenvalue weighted by Crippen LogP contribution is -2.52. The fraction of sp³-hybridized carbons (Fsp3) is 0.467. The van der Waals surface area contributed by atoms with Crippen molar-refractivity contribution in [2.75, 3.05) is 5.75 Å². The summed E-state index contributed by atoms with van der Waals surface area (Å²) in [7, 11) is 0. The lowest BCUT2D eigenvalue weighted by Gasteiger charge is -2.24. The van der Waals surface area contributed by atoms with Gasteiger partial charge in [-0.15, -0.1) is 11.8 Å². The van der Waals surface area contributed by atoms with Crippen LogP contribution in [0.3, 0.4) is 0 Å². The summed E-state index contributed by atoms with van der Waals surface area (Å²) >= 11 is 1.48. The van der Waals surface area contributed by atoms with E-state index in [4.69, 9.17) is 5.11 Å². The number of hydrogen-bond acceptors (Lipinski definition) is 3. The maximum atomic E-state index is 11.8. The lowest BCUT2D eigenvalue weighted by atomic mass is 9.99. The van der Waals surface area contributed by atoms with Gasteiger partial charge in [0, 0.05) is 5.75 Å². The minimum atomic E-state index is -1.18. The molecule has 20 heavy (non-hydrogen) atoms. The highest BCUT2D eigenvalue weighted by Gasteiger charge is 2.32. The number of nitrogens with one attached hydrogen (secondary N) is 1. The number of thioether (sulfide) groups is 1. The van der Waals surface area contributed by atoms with Gasteiger partial charge in [-0.05, 0) is 25.8 Å². The van der Waals surface area contributed by atoms with Crippen molar-refractivity contribution in [1.29, 1.82) is 0 Å². The number of carbonyl (C=O) groups is 2. The van der Waals surface area contributed by atoms with Crippen molar-refractivity contribution in [3.8, 4) is 0 Å². The molecule has 0 saturated carbocycles. The average Bonchev–Trinajstić information content (AvgIpc) is 2.38. The molecule has 1 rings (SSSR count). The number of carbonyl (C=O) groups excluding carboxylic acids is 1. The third-order valence-electron chi connectivity index (χ3n) is 3.18. The van der Waals surface area contributed by atoms with Gasteiger partial charge in [-0.25, -0.2) is 4.79 Å². The molecule has 1 unspecified atom stereocenters. The highest BCUT2D eigenvalue weighted by atomic mass is 32.2. The molecule has 1 aromatic carbocycles. The largest absolute Gasteiger partial charge is 0.480 e. The number of amides is 1. The van der Waals surface area contributed by atoms with E-state index in [1.165, 1.54) is 29.8 Å². The van der Waals surface area contributed by atoms with Gasteiger partial charge in [-0.2, -0.15) is 0 Å². The predicted octanol–water partition coefficient (Wildman–Crippen LogP) is 2.60. The summed E-state index contributed by atoms with van der Waals surface area (Å²) in [5.41, 5.74) is 1.18. The standard InChI is InChI=1S/C15H21NO3S/c1-4-15(3,14(18)19)16-13(17)10-20-9-12-7-5-6-11(2)8-12/h5-8H,4,9-10H2,1-3H3,(H,16,17)(H,18,19). The molecule has 0 heterocycles. The smallest absolute Gasteiger partial charge is 0.329 e. The Kier molecular flexibility index (Phi) is 6.07. The minimum Gasteiger partial charge on any atom is -0.480 e. The minimum absolute atomic E-state index is 0.241. The van der Waals surface area contributed by atoms with Gasteiger partial charge < -0.3 is 10.4 Å². The molecule has 0 fully saturated rings. The molecule has 110 valence electrons. The second-order valence-electron chi connectivity index (χ2n) is 5.02. The van der Waals surface area contributed by atoms with Gasteiger partial charge in [-0.1, -0.05) is 36.8 Å². The lowest BCUT2D eigenvalue weighted by molar-refractivity contribution is -0.146. The van der Waals surface area contributed by atoms with Crippen LogP contribution in [0.2, 0.25) is 0 Å². The third-order valence-corrected chi connectivity index (χ3v) is 4.18. The molecular formula is C15H21NO3S. The topological polar surface area (TPSA) is 66.4 Å². The van der Waals surface area contributed by atoms with Gasteiger partial charge in [0.25, 0.3) is 0 Å². The van der Waals surface area contributed by atoms with Gasteiger partial charge in [-0.3, -0.25) is 4.79 Å². The first-order valence-corrected chi connectivity index (χ1v) is 7.70. The van der Waals surface area contributed by atoms with Gasteiger partial charge >= 0.3 is 5.97 Å². The van der Waals surface area contributed by atoms with Crippen molar-refractivity contribution >= 4 is 23.6 Å². The Morgan fingerprint density at radius 2 is 2.10 bits per heavy atom. The summed E-state index contributed by atoms with van der Waals surface area (Å²) in [6, 6.07) is 8.12. The van der Waals surface area contributed by atoms with Crippen LogP contribution in [0.4, 0.5) is 0 Å². The molecule has 0 bridgehead atoms. The molecule has 0 aliphatic carbocycles. The van der Waals surface area contributed by atoms with E-state index in [0.29, 0.717) is 6.42 Å². The number of carboxylic acids is 1. The molecule has 4 nitrogen and oxygen atoms in total. The van der Waals surface area contributed by atoms with Crippen molar-refractivity contribution in [3.63, 3.8) is 0 Å². The van der Waals surface area contributed by atoms with E-state index in [1.807, 2.05) is 25.1 Å². The number of hydrogen-bond donors (Lipinski definition) is 2. The zero-order chi connectivity index (χ0) is 15.2. The summed E-state index contributed by atoms with van der Waals surface area (Å²) in [6.07, 6.45) is 0.358. The maximum Gasteiger partial charge on any atom is 0.329 e. The number of aryl methyl sites for hydroxylation is 1. The van der Waals surface area contributed by atoms with Crippen LogP contribution in [-0.4, -0.2) is 28.3 Å². The molecule has 1 aromatic rings. The summed E-state index contributed by atoms with van der Waals surface area (Å²) in [5.74, 6) is -0.242. The Hall–Kier alpha value is -1.49. The number of benzene rings is 1. The highest BCUT2D eigenvalue weighted by molar-refractivity contribution is 7.99. The monoisotopic (exact) mass is 295 g/mol. The van der Waals surface area contributed by atoms with E-state index in [1.54, 1.807) is 6.92 Å². The third kappa shape index (κ3) is 4.89.